The first-order chi connectivity index (χ1) is 12.1. The third-order valence-electron chi connectivity index (χ3n) is 4.54. The maximum absolute atomic E-state index is 12.4. The minimum Gasteiger partial charge on any atom is -0.370 e. The SMILES string of the molecule is CCn1cc([C@@H]2CN(C(=O)NCCc3c(C)noc3C)CCO2)cn1. The second kappa shape index (κ2) is 7.69. The molecular formula is C17H25N5O3. The Kier molecular flexibility index (Phi) is 5.37. The molecule has 1 aliphatic rings. The van der Waals surface area contributed by atoms with E-state index in [1.54, 1.807) is 4.90 Å². The summed E-state index contributed by atoms with van der Waals surface area (Å²) in [5.74, 6) is 0.811. The second-order valence-electron chi connectivity index (χ2n) is 6.22. The topological polar surface area (TPSA) is 85.4 Å². The molecule has 25 heavy (non-hydrogen) atoms. The number of carbonyl (C=O) groups excluding carboxylic acids is 1. The molecule has 1 N–H and O–H groups in total. The first kappa shape index (κ1) is 17.5. The van der Waals surface area contributed by atoms with Crippen LogP contribution < -0.4 is 5.32 Å². The number of nitrogens with zero attached hydrogens (tertiary/aromatic N) is 4. The summed E-state index contributed by atoms with van der Waals surface area (Å²) >= 11 is 0. The van der Waals surface area contributed by atoms with E-state index in [1.807, 2.05) is 37.8 Å². The van der Waals surface area contributed by atoms with Crippen LogP contribution in [0.3, 0.4) is 0 Å². The number of aromatic nitrogens is 3. The predicted octanol–water partition coefficient (Wildman–Crippen LogP) is 1.83. The molecule has 0 saturated carbocycles. The number of amides is 2. The monoisotopic (exact) mass is 347 g/mol. The van der Waals surface area contributed by atoms with Crippen LogP contribution >= 0.6 is 0 Å². The van der Waals surface area contributed by atoms with Crippen molar-refractivity contribution >= 4 is 6.03 Å². The highest BCUT2D eigenvalue weighted by atomic mass is 16.5. The quantitative estimate of drug-likeness (QED) is 0.892. The number of hydrogen-bond acceptors (Lipinski definition) is 5. The largest absolute Gasteiger partial charge is 0.370 e. The minimum atomic E-state index is -0.123. The van der Waals surface area contributed by atoms with E-state index < -0.39 is 0 Å². The molecule has 1 aliphatic heterocycles. The molecule has 0 radical (unpaired) electrons. The van der Waals surface area contributed by atoms with Gasteiger partial charge in [-0.15, -0.1) is 0 Å². The lowest BCUT2D eigenvalue weighted by Gasteiger charge is -2.32. The molecule has 0 aromatic carbocycles. The molecule has 0 unspecified atom stereocenters. The number of hydrogen-bond donors (Lipinski definition) is 1. The van der Waals surface area contributed by atoms with Gasteiger partial charge in [0, 0.05) is 37.0 Å². The normalized spacial score (nSPS) is 17.7. The van der Waals surface area contributed by atoms with Gasteiger partial charge in [0.15, 0.2) is 0 Å². The fraction of sp³-hybridized carbons (Fsp3) is 0.588. The molecule has 0 bridgehead atoms. The van der Waals surface area contributed by atoms with Gasteiger partial charge in [-0.25, -0.2) is 4.79 Å². The molecule has 0 aliphatic carbocycles. The van der Waals surface area contributed by atoms with Gasteiger partial charge in [-0.2, -0.15) is 5.10 Å². The molecule has 1 fully saturated rings. The molecule has 3 rings (SSSR count). The lowest BCUT2D eigenvalue weighted by atomic mass is 10.1. The third kappa shape index (κ3) is 4.01. The number of aryl methyl sites for hydroxylation is 3. The Bertz CT molecular complexity index is 704. The van der Waals surface area contributed by atoms with Crippen molar-refractivity contribution in [2.75, 3.05) is 26.2 Å². The fourth-order valence-electron chi connectivity index (χ4n) is 3.02. The molecular weight excluding hydrogens is 322 g/mol. The molecule has 0 spiro atoms. The Morgan fingerprint density at radius 2 is 2.28 bits per heavy atom. The number of urea groups is 1. The predicted molar refractivity (Wildman–Crippen MR) is 91.2 cm³/mol. The van der Waals surface area contributed by atoms with Gasteiger partial charge in [-0.1, -0.05) is 5.16 Å². The smallest absolute Gasteiger partial charge is 0.317 e. The zero-order valence-corrected chi connectivity index (χ0v) is 15.0. The zero-order chi connectivity index (χ0) is 17.8. The molecule has 3 heterocycles. The van der Waals surface area contributed by atoms with Gasteiger partial charge in [0.2, 0.25) is 0 Å². The third-order valence-corrected chi connectivity index (χ3v) is 4.54. The van der Waals surface area contributed by atoms with E-state index >= 15 is 0 Å². The minimum absolute atomic E-state index is 0.0667. The van der Waals surface area contributed by atoms with Crippen LogP contribution in [0.25, 0.3) is 0 Å². The molecule has 8 nitrogen and oxygen atoms in total. The molecule has 136 valence electrons. The Morgan fingerprint density at radius 1 is 1.44 bits per heavy atom. The summed E-state index contributed by atoms with van der Waals surface area (Å²) in [6.45, 7) is 8.87. The van der Waals surface area contributed by atoms with E-state index in [-0.39, 0.29) is 12.1 Å². The lowest BCUT2D eigenvalue weighted by Crippen LogP contribution is -2.47. The molecule has 2 amide bonds. The number of rotatable bonds is 5. The van der Waals surface area contributed by atoms with Crippen LogP contribution in [0.4, 0.5) is 4.79 Å². The van der Waals surface area contributed by atoms with Crippen molar-refractivity contribution in [2.45, 2.75) is 39.8 Å². The van der Waals surface area contributed by atoms with Gasteiger partial charge >= 0.3 is 6.03 Å². The molecule has 2 aromatic heterocycles. The van der Waals surface area contributed by atoms with Crippen molar-refractivity contribution < 1.29 is 14.1 Å². The van der Waals surface area contributed by atoms with Crippen LogP contribution in [0.1, 0.15) is 35.6 Å². The lowest BCUT2D eigenvalue weighted by molar-refractivity contribution is -0.0154. The number of nitrogens with one attached hydrogen (secondary N) is 1. The first-order valence-electron chi connectivity index (χ1n) is 8.67. The second-order valence-corrected chi connectivity index (χ2v) is 6.22. The maximum atomic E-state index is 12.4. The van der Waals surface area contributed by atoms with Gasteiger partial charge < -0.3 is 19.5 Å². The molecule has 8 heteroatoms. The van der Waals surface area contributed by atoms with Crippen LogP contribution in [0.15, 0.2) is 16.9 Å². The van der Waals surface area contributed by atoms with E-state index in [1.165, 1.54) is 0 Å². The van der Waals surface area contributed by atoms with E-state index in [4.69, 9.17) is 9.26 Å². The van der Waals surface area contributed by atoms with Gasteiger partial charge in [-0.05, 0) is 27.2 Å². The maximum Gasteiger partial charge on any atom is 0.317 e. The summed E-state index contributed by atoms with van der Waals surface area (Å²) in [5.41, 5.74) is 2.95. The Balaban J connectivity index is 1.51. The van der Waals surface area contributed by atoms with Crippen LogP contribution in [0.2, 0.25) is 0 Å². The van der Waals surface area contributed by atoms with Crippen LogP contribution in [-0.4, -0.2) is 52.1 Å². The van der Waals surface area contributed by atoms with Gasteiger partial charge in [0.05, 0.1) is 25.0 Å². The van der Waals surface area contributed by atoms with Crippen molar-refractivity contribution in [1.29, 1.82) is 0 Å². The van der Waals surface area contributed by atoms with Crippen molar-refractivity contribution in [3.63, 3.8) is 0 Å². The Hall–Kier alpha value is -2.35. The van der Waals surface area contributed by atoms with Crippen LogP contribution in [0.5, 0.6) is 0 Å². The van der Waals surface area contributed by atoms with Crippen molar-refractivity contribution in [2.24, 2.45) is 0 Å². The van der Waals surface area contributed by atoms with E-state index in [0.29, 0.717) is 32.7 Å². The highest BCUT2D eigenvalue weighted by molar-refractivity contribution is 5.74. The zero-order valence-electron chi connectivity index (χ0n) is 15.0. The van der Waals surface area contributed by atoms with Crippen molar-refractivity contribution in [3.05, 3.63) is 35.0 Å². The first-order valence-corrected chi connectivity index (χ1v) is 8.67. The molecule has 2 aromatic rings. The van der Waals surface area contributed by atoms with E-state index in [0.717, 1.165) is 29.1 Å². The van der Waals surface area contributed by atoms with Crippen molar-refractivity contribution in [3.8, 4) is 0 Å². The van der Waals surface area contributed by atoms with Crippen molar-refractivity contribution in [1.82, 2.24) is 25.2 Å². The molecule has 1 saturated heterocycles. The average molecular weight is 347 g/mol. The summed E-state index contributed by atoms with van der Waals surface area (Å²) < 4.78 is 12.8. The summed E-state index contributed by atoms with van der Waals surface area (Å²) in [6, 6.07) is -0.0667. The number of carbonyl (C=O) groups is 1. The average Bonchev–Trinajstić information content (AvgIpc) is 3.23. The number of ether oxygens (including phenoxy) is 1. The van der Waals surface area contributed by atoms with E-state index in [9.17, 15) is 4.79 Å². The van der Waals surface area contributed by atoms with Crippen LogP contribution in [-0.2, 0) is 17.7 Å². The highest BCUT2D eigenvalue weighted by Crippen LogP contribution is 2.21. The van der Waals surface area contributed by atoms with Gasteiger partial charge in [0.25, 0.3) is 0 Å². The van der Waals surface area contributed by atoms with Gasteiger partial charge in [-0.3, -0.25) is 4.68 Å². The Labute approximate surface area is 147 Å². The summed E-state index contributed by atoms with van der Waals surface area (Å²) in [4.78, 5) is 14.2. The number of morpholine rings is 1. The summed E-state index contributed by atoms with van der Waals surface area (Å²) in [6.07, 6.45) is 4.38. The summed E-state index contributed by atoms with van der Waals surface area (Å²) in [7, 11) is 0. The summed E-state index contributed by atoms with van der Waals surface area (Å²) in [5, 5.41) is 11.2. The molecule has 1 atom stereocenters. The Morgan fingerprint density at radius 3 is 2.96 bits per heavy atom. The van der Waals surface area contributed by atoms with Crippen LogP contribution in [0, 0.1) is 13.8 Å². The highest BCUT2D eigenvalue weighted by Gasteiger charge is 2.26. The van der Waals surface area contributed by atoms with E-state index in [2.05, 4.69) is 15.6 Å². The van der Waals surface area contributed by atoms with Gasteiger partial charge in [0.1, 0.15) is 11.9 Å². The fourth-order valence-corrected chi connectivity index (χ4v) is 3.02. The standard InChI is InChI=1S/C17H25N5O3/c1-4-22-10-14(9-19-22)16-11-21(7-8-24-16)17(23)18-6-5-15-12(2)20-25-13(15)3/h9-10,16H,4-8,11H2,1-3H3,(H,18,23)/t16-/m0/s1.